The summed E-state index contributed by atoms with van der Waals surface area (Å²) in [5.74, 6) is 0.703. The minimum atomic E-state index is 0.240. The van der Waals surface area contributed by atoms with Crippen LogP contribution >= 0.6 is 0 Å². The maximum absolute atomic E-state index is 4.01. The van der Waals surface area contributed by atoms with E-state index in [2.05, 4.69) is 114 Å². The molecule has 2 unspecified atom stereocenters. The Bertz CT molecular complexity index is 1460. The Morgan fingerprint density at radius 3 is 2.58 bits per heavy atom. The van der Waals surface area contributed by atoms with Crippen LogP contribution in [0.4, 0.5) is 11.4 Å². The fourth-order valence-corrected chi connectivity index (χ4v) is 6.57. The Balaban J connectivity index is 1.38. The molecule has 36 heavy (non-hydrogen) atoms. The molecule has 7 rings (SSSR count). The summed E-state index contributed by atoms with van der Waals surface area (Å²) < 4.78 is 0. The quantitative estimate of drug-likeness (QED) is 0.419. The molecule has 0 amide bonds. The summed E-state index contributed by atoms with van der Waals surface area (Å²) in [6.45, 7) is 7.94. The van der Waals surface area contributed by atoms with E-state index in [4.69, 9.17) is 0 Å². The van der Waals surface area contributed by atoms with E-state index in [0.717, 1.165) is 24.8 Å². The van der Waals surface area contributed by atoms with Gasteiger partial charge in [-0.05, 0) is 72.2 Å². The number of benzene rings is 2. The zero-order chi connectivity index (χ0) is 24.2. The van der Waals surface area contributed by atoms with Gasteiger partial charge in [-0.3, -0.25) is 0 Å². The number of nitrogens with zero attached hydrogens (tertiary/aromatic N) is 2. The molecule has 0 saturated carbocycles. The van der Waals surface area contributed by atoms with Crippen LogP contribution in [0.5, 0.6) is 0 Å². The summed E-state index contributed by atoms with van der Waals surface area (Å²) in [4.78, 5) is 5.13. The Kier molecular flexibility index (Phi) is 4.89. The Hall–Kier alpha value is -4.04. The van der Waals surface area contributed by atoms with E-state index in [1.54, 1.807) is 0 Å². The third kappa shape index (κ3) is 3.04. The molecule has 3 aliphatic carbocycles. The van der Waals surface area contributed by atoms with E-state index in [1.807, 2.05) is 12.2 Å². The third-order valence-corrected chi connectivity index (χ3v) is 8.26. The number of anilines is 2. The largest absolute Gasteiger partial charge is 0.333 e. The lowest BCUT2D eigenvalue weighted by molar-refractivity contribution is 0.633. The van der Waals surface area contributed by atoms with Crippen molar-refractivity contribution in [1.29, 1.82) is 0 Å². The van der Waals surface area contributed by atoms with Crippen molar-refractivity contribution in [2.24, 2.45) is 11.8 Å². The smallest absolute Gasteiger partial charge is 0.0722 e. The number of allylic oxidation sites excluding steroid dienone is 9. The van der Waals surface area contributed by atoms with Crippen molar-refractivity contribution in [3.63, 3.8) is 0 Å². The molecule has 2 aromatic carbocycles. The summed E-state index contributed by atoms with van der Waals surface area (Å²) in [5.41, 5.74) is 12.1. The fraction of sp³-hybridized carbons (Fsp3) is 0.176. The lowest BCUT2D eigenvalue weighted by atomic mass is 9.80. The second-order valence-corrected chi connectivity index (χ2v) is 10.1. The van der Waals surface area contributed by atoms with Crippen molar-refractivity contribution < 1.29 is 0 Å². The highest BCUT2D eigenvalue weighted by atomic mass is 15.2. The maximum atomic E-state index is 4.01. The highest BCUT2D eigenvalue weighted by molar-refractivity contribution is 5.93. The van der Waals surface area contributed by atoms with Crippen LogP contribution in [-0.2, 0) is 0 Å². The Labute approximate surface area is 213 Å². The number of hydrogen-bond donors (Lipinski definition) is 0. The van der Waals surface area contributed by atoms with Crippen LogP contribution in [0.2, 0.25) is 0 Å². The number of fused-ring (bicyclic) bond motifs is 6. The van der Waals surface area contributed by atoms with Gasteiger partial charge in [-0.25, -0.2) is 0 Å². The Morgan fingerprint density at radius 2 is 1.81 bits per heavy atom. The predicted molar refractivity (Wildman–Crippen MR) is 152 cm³/mol. The lowest BCUT2D eigenvalue weighted by Gasteiger charge is -2.38. The minimum absolute atomic E-state index is 0.240. The van der Waals surface area contributed by atoms with Crippen molar-refractivity contribution in [3.05, 3.63) is 144 Å². The van der Waals surface area contributed by atoms with Crippen molar-refractivity contribution in [2.45, 2.75) is 25.3 Å². The standard InChI is InChI=1S/C34H30N2/c1-3-23-13-17-25(18-14-23)35-31-12-8-6-10-29(31)33-32(35)22-21-28-27-9-5-7-11-30(27)36(34(28)33)26-19-15-24(4-2)16-20-26/h3-7,9-11,13-15,17-22,24,33-34H,1-2,8,12,16H2/t24-,33?,34?/m1/s1. The highest BCUT2D eigenvalue weighted by Crippen LogP contribution is 2.56. The van der Waals surface area contributed by atoms with E-state index < -0.39 is 0 Å². The Morgan fingerprint density at radius 1 is 0.944 bits per heavy atom. The van der Waals surface area contributed by atoms with E-state index in [1.165, 1.54) is 45.2 Å². The molecule has 0 spiro atoms. The second-order valence-electron chi connectivity index (χ2n) is 10.1. The molecular weight excluding hydrogens is 436 g/mol. The highest BCUT2D eigenvalue weighted by Gasteiger charge is 2.49. The average molecular weight is 467 g/mol. The van der Waals surface area contributed by atoms with Crippen LogP contribution in [0.15, 0.2) is 133 Å². The first-order chi connectivity index (χ1) is 17.8. The summed E-state index contributed by atoms with van der Waals surface area (Å²) in [6, 6.07) is 18.0. The molecule has 0 saturated heterocycles. The normalized spacial score (nSPS) is 25.4. The number of para-hydroxylation sites is 1. The molecule has 2 aliphatic heterocycles. The molecule has 0 radical (unpaired) electrons. The van der Waals surface area contributed by atoms with Crippen molar-refractivity contribution >= 4 is 23.0 Å². The lowest BCUT2D eigenvalue weighted by Crippen LogP contribution is -2.40. The SMILES string of the molecule is C=Cc1ccc(N2C3=CC=C4c5ccccc5N(C5=CC[C@H](C=C)C=C5)C4C3C3=C2CCC=C3)cc1. The molecular formula is C34H30N2. The summed E-state index contributed by atoms with van der Waals surface area (Å²) in [6.07, 6.45) is 23.6. The summed E-state index contributed by atoms with van der Waals surface area (Å²) >= 11 is 0. The van der Waals surface area contributed by atoms with Gasteiger partial charge in [0.15, 0.2) is 0 Å². The van der Waals surface area contributed by atoms with Crippen LogP contribution in [0.1, 0.15) is 30.4 Å². The van der Waals surface area contributed by atoms with Gasteiger partial charge in [0, 0.05) is 34.0 Å². The monoisotopic (exact) mass is 466 g/mol. The van der Waals surface area contributed by atoms with E-state index in [-0.39, 0.29) is 12.0 Å². The van der Waals surface area contributed by atoms with Gasteiger partial charge in [0.05, 0.1) is 12.0 Å². The van der Waals surface area contributed by atoms with E-state index in [9.17, 15) is 0 Å². The molecule has 2 heteroatoms. The van der Waals surface area contributed by atoms with Crippen molar-refractivity contribution in [3.8, 4) is 0 Å². The van der Waals surface area contributed by atoms with Gasteiger partial charge >= 0.3 is 0 Å². The van der Waals surface area contributed by atoms with Crippen LogP contribution < -0.4 is 9.80 Å². The predicted octanol–water partition coefficient (Wildman–Crippen LogP) is 8.19. The molecule has 0 N–H and O–H groups in total. The zero-order valence-electron chi connectivity index (χ0n) is 20.5. The summed E-state index contributed by atoms with van der Waals surface area (Å²) in [5, 5.41) is 0. The first-order valence-electron chi connectivity index (χ1n) is 13.0. The molecule has 0 fully saturated rings. The number of rotatable bonds is 4. The van der Waals surface area contributed by atoms with Gasteiger partial charge in [-0.1, -0.05) is 79.4 Å². The average Bonchev–Trinajstić information content (AvgIpc) is 3.46. The molecule has 0 bridgehead atoms. The summed E-state index contributed by atoms with van der Waals surface area (Å²) in [7, 11) is 0. The molecule has 176 valence electrons. The van der Waals surface area contributed by atoms with E-state index >= 15 is 0 Å². The number of hydrogen-bond acceptors (Lipinski definition) is 2. The minimum Gasteiger partial charge on any atom is -0.333 e. The first-order valence-corrected chi connectivity index (χ1v) is 13.0. The van der Waals surface area contributed by atoms with Gasteiger partial charge in [0.1, 0.15) is 0 Å². The van der Waals surface area contributed by atoms with Crippen LogP contribution in [0.3, 0.4) is 0 Å². The van der Waals surface area contributed by atoms with E-state index in [0.29, 0.717) is 5.92 Å². The zero-order valence-corrected chi connectivity index (χ0v) is 20.5. The van der Waals surface area contributed by atoms with Gasteiger partial charge in [0.2, 0.25) is 0 Å². The topological polar surface area (TPSA) is 6.48 Å². The van der Waals surface area contributed by atoms with Gasteiger partial charge < -0.3 is 9.80 Å². The van der Waals surface area contributed by atoms with Gasteiger partial charge in [0.25, 0.3) is 0 Å². The van der Waals surface area contributed by atoms with Crippen molar-refractivity contribution in [2.75, 3.05) is 9.80 Å². The molecule has 2 nitrogen and oxygen atoms in total. The maximum Gasteiger partial charge on any atom is 0.0722 e. The first kappa shape index (κ1) is 21.3. The van der Waals surface area contributed by atoms with Gasteiger partial charge in [-0.15, -0.1) is 6.58 Å². The second kappa shape index (κ2) is 8.27. The van der Waals surface area contributed by atoms with Crippen molar-refractivity contribution in [1.82, 2.24) is 0 Å². The molecule has 2 heterocycles. The van der Waals surface area contributed by atoms with Crippen LogP contribution in [0, 0.1) is 11.8 Å². The van der Waals surface area contributed by atoms with Crippen LogP contribution in [0.25, 0.3) is 11.6 Å². The molecule has 5 aliphatic rings. The molecule has 2 aromatic rings. The third-order valence-electron chi connectivity index (χ3n) is 8.26. The molecule has 3 atom stereocenters. The molecule has 0 aromatic heterocycles. The fourth-order valence-electron chi connectivity index (χ4n) is 6.57. The van der Waals surface area contributed by atoms with Gasteiger partial charge in [-0.2, -0.15) is 0 Å². The van der Waals surface area contributed by atoms with Crippen LogP contribution in [-0.4, -0.2) is 6.04 Å².